The minimum Gasteiger partial charge on any atom is -0.389 e. The third kappa shape index (κ3) is 5.47. The smallest absolute Gasteiger partial charge is 0.0736 e. The standard InChI is InChI=1S/C17H29NOS/c1-5-11-18-14(4)15-9-8-10-16(12-15)20-13-17(19,6-2)7-3/h8-10,12,14,18-19H,5-7,11,13H2,1-4H3. The normalized spacial score (nSPS) is 13.4. The van der Waals surface area contributed by atoms with Crippen LogP contribution in [0.2, 0.25) is 0 Å². The Balaban J connectivity index is 2.64. The van der Waals surface area contributed by atoms with E-state index in [1.807, 2.05) is 0 Å². The third-order valence-electron chi connectivity index (χ3n) is 3.88. The summed E-state index contributed by atoms with van der Waals surface area (Å²) in [5.41, 5.74) is 0.784. The molecule has 0 fully saturated rings. The molecule has 1 unspecified atom stereocenters. The van der Waals surface area contributed by atoms with E-state index >= 15 is 0 Å². The van der Waals surface area contributed by atoms with Crippen LogP contribution < -0.4 is 5.32 Å². The molecular weight excluding hydrogens is 266 g/mol. The van der Waals surface area contributed by atoms with Crippen molar-refractivity contribution in [3.8, 4) is 0 Å². The van der Waals surface area contributed by atoms with Crippen molar-refractivity contribution < 1.29 is 5.11 Å². The van der Waals surface area contributed by atoms with E-state index in [2.05, 4.69) is 57.3 Å². The van der Waals surface area contributed by atoms with Gasteiger partial charge < -0.3 is 10.4 Å². The first-order valence-corrected chi connectivity index (χ1v) is 8.71. The van der Waals surface area contributed by atoms with E-state index in [9.17, 15) is 5.11 Å². The summed E-state index contributed by atoms with van der Waals surface area (Å²) >= 11 is 1.75. The summed E-state index contributed by atoms with van der Waals surface area (Å²) in [6.45, 7) is 9.54. The van der Waals surface area contributed by atoms with Crippen molar-refractivity contribution in [1.82, 2.24) is 5.32 Å². The van der Waals surface area contributed by atoms with Gasteiger partial charge in [0, 0.05) is 16.7 Å². The summed E-state index contributed by atoms with van der Waals surface area (Å²) in [6.07, 6.45) is 2.77. The fraction of sp³-hybridized carbons (Fsp3) is 0.647. The van der Waals surface area contributed by atoms with Crippen LogP contribution in [0.15, 0.2) is 29.2 Å². The number of hydrogen-bond donors (Lipinski definition) is 2. The number of hydrogen-bond acceptors (Lipinski definition) is 3. The minimum absolute atomic E-state index is 0.381. The Labute approximate surface area is 128 Å². The molecule has 0 saturated heterocycles. The van der Waals surface area contributed by atoms with Gasteiger partial charge in [0.2, 0.25) is 0 Å². The van der Waals surface area contributed by atoms with Crippen LogP contribution in [0.1, 0.15) is 58.6 Å². The zero-order valence-electron chi connectivity index (χ0n) is 13.3. The first kappa shape index (κ1) is 17.5. The molecule has 1 rings (SSSR count). The maximum atomic E-state index is 10.4. The zero-order chi connectivity index (χ0) is 15.0. The second-order valence-electron chi connectivity index (χ2n) is 5.47. The molecule has 1 aromatic carbocycles. The summed E-state index contributed by atoms with van der Waals surface area (Å²) in [5.74, 6) is 0.764. The van der Waals surface area contributed by atoms with Gasteiger partial charge in [-0.05, 0) is 50.4 Å². The van der Waals surface area contributed by atoms with E-state index in [0.717, 1.165) is 31.6 Å². The Morgan fingerprint density at radius 3 is 2.55 bits per heavy atom. The SMILES string of the molecule is CCCNC(C)c1cccc(SCC(O)(CC)CC)c1. The molecule has 0 aliphatic rings. The maximum Gasteiger partial charge on any atom is 0.0736 e. The van der Waals surface area contributed by atoms with Crippen molar-refractivity contribution >= 4 is 11.8 Å². The molecule has 0 bridgehead atoms. The van der Waals surface area contributed by atoms with Crippen LogP contribution in [0.25, 0.3) is 0 Å². The van der Waals surface area contributed by atoms with Crippen molar-refractivity contribution in [2.24, 2.45) is 0 Å². The number of thioether (sulfide) groups is 1. The lowest BCUT2D eigenvalue weighted by Crippen LogP contribution is -2.29. The molecule has 2 nitrogen and oxygen atoms in total. The second-order valence-corrected chi connectivity index (χ2v) is 6.52. The van der Waals surface area contributed by atoms with Gasteiger partial charge in [-0.2, -0.15) is 0 Å². The van der Waals surface area contributed by atoms with Gasteiger partial charge in [-0.3, -0.25) is 0 Å². The Morgan fingerprint density at radius 1 is 1.25 bits per heavy atom. The monoisotopic (exact) mass is 295 g/mol. The quantitative estimate of drug-likeness (QED) is 0.663. The van der Waals surface area contributed by atoms with Gasteiger partial charge in [-0.15, -0.1) is 11.8 Å². The molecule has 2 N–H and O–H groups in total. The second kappa shape index (κ2) is 8.71. The van der Waals surface area contributed by atoms with Crippen molar-refractivity contribution in [2.45, 2.75) is 63.5 Å². The Kier molecular flexibility index (Phi) is 7.63. The van der Waals surface area contributed by atoms with E-state index in [4.69, 9.17) is 0 Å². The number of rotatable bonds is 9. The lowest BCUT2D eigenvalue weighted by atomic mass is 10.0. The lowest BCUT2D eigenvalue weighted by molar-refractivity contribution is 0.0572. The molecule has 1 aromatic rings. The Hall–Kier alpha value is -0.510. The molecule has 20 heavy (non-hydrogen) atoms. The summed E-state index contributed by atoms with van der Waals surface area (Å²) in [6, 6.07) is 9.03. The van der Waals surface area contributed by atoms with E-state index < -0.39 is 5.60 Å². The summed E-state index contributed by atoms with van der Waals surface area (Å²) < 4.78 is 0. The zero-order valence-corrected chi connectivity index (χ0v) is 14.1. The van der Waals surface area contributed by atoms with Crippen molar-refractivity contribution in [3.05, 3.63) is 29.8 Å². The predicted octanol–water partition coefficient (Wildman–Crippen LogP) is 4.39. The van der Waals surface area contributed by atoms with Gasteiger partial charge in [0.1, 0.15) is 0 Å². The molecule has 0 aliphatic heterocycles. The topological polar surface area (TPSA) is 32.3 Å². The maximum absolute atomic E-state index is 10.4. The Bertz CT molecular complexity index is 390. The molecule has 0 saturated carbocycles. The highest BCUT2D eigenvalue weighted by Gasteiger charge is 2.22. The van der Waals surface area contributed by atoms with Crippen molar-refractivity contribution in [1.29, 1.82) is 0 Å². The lowest BCUT2D eigenvalue weighted by Gasteiger charge is -2.24. The summed E-state index contributed by atoms with van der Waals surface area (Å²) in [7, 11) is 0. The molecule has 3 heteroatoms. The molecule has 0 radical (unpaired) electrons. The molecule has 0 aliphatic carbocycles. The molecule has 0 aromatic heterocycles. The van der Waals surface area contributed by atoms with E-state index in [1.165, 1.54) is 10.5 Å². The molecule has 0 heterocycles. The van der Waals surface area contributed by atoms with Gasteiger partial charge in [-0.1, -0.05) is 32.9 Å². The molecule has 0 spiro atoms. The van der Waals surface area contributed by atoms with Crippen LogP contribution in [-0.4, -0.2) is 23.0 Å². The number of benzene rings is 1. The van der Waals surface area contributed by atoms with Crippen LogP contribution in [-0.2, 0) is 0 Å². The van der Waals surface area contributed by atoms with Gasteiger partial charge in [0.15, 0.2) is 0 Å². The van der Waals surface area contributed by atoms with Crippen LogP contribution in [0.5, 0.6) is 0 Å². The molecular formula is C17H29NOS. The van der Waals surface area contributed by atoms with Gasteiger partial charge >= 0.3 is 0 Å². The fourth-order valence-corrected chi connectivity index (χ4v) is 3.26. The molecule has 114 valence electrons. The van der Waals surface area contributed by atoms with Crippen LogP contribution >= 0.6 is 11.8 Å². The average molecular weight is 295 g/mol. The van der Waals surface area contributed by atoms with Crippen LogP contribution in [0, 0.1) is 0 Å². The third-order valence-corrected chi connectivity index (χ3v) is 5.15. The summed E-state index contributed by atoms with van der Waals surface area (Å²) in [5, 5.41) is 13.9. The number of nitrogens with one attached hydrogen (secondary N) is 1. The average Bonchev–Trinajstić information content (AvgIpc) is 2.50. The minimum atomic E-state index is -0.535. The van der Waals surface area contributed by atoms with Crippen LogP contribution in [0.3, 0.4) is 0 Å². The Morgan fingerprint density at radius 2 is 1.95 bits per heavy atom. The fourth-order valence-electron chi connectivity index (χ4n) is 2.02. The summed E-state index contributed by atoms with van der Waals surface area (Å²) in [4.78, 5) is 1.24. The van der Waals surface area contributed by atoms with Gasteiger partial charge in [0.05, 0.1) is 5.60 Å². The highest BCUT2D eigenvalue weighted by atomic mass is 32.2. The van der Waals surface area contributed by atoms with E-state index in [-0.39, 0.29) is 0 Å². The molecule has 1 atom stereocenters. The van der Waals surface area contributed by atoms with Crippen molar-refractivity contribution in [3.63, 3.8) is 0 Å². The van der Waals surface area contributed by atoms with E-state index in [0.29, 0.717) is 6.04 Å². The largest absolute Gasteiger partial charge is 0.389 e. The van der Waals surface area contributed by atoms with Crippen molar-refractivity contribution in [2.75, 3.05) is 12.3 Å². The predicted molar refractivity (Wildman–Crippen MR) is 89.4 cm³/mol. The number of aliphatic hydroxyl groups is 1. The first-order chi connectivity index (χ1) is 9.54. The van der Waals surface area contributed by atoms with Crippen LogP contribution in [0.4, 0.5) is 0 Å². The highest BCUT2D eigenvalue weighted by Crippen LogP contribution is 2.28. The van der Waals surface area contributed by atoms with Gasteiger partial charge in [-0.25, -0.2) is 0 Å². The van der Waals surface area contributed by atoms with Gasteiger partial charge in [0.25, 0.3) is 0 Å². The first-order valence-electron chi connectivity index (χ1n) is 7.73. The molecule has 0 amide bonds. The highest BCUT2D eigenvalue weighted by molar-refractivity contribution is 7.99. The van der Waals surface area contributed by atoms with E-state index in [1.54, 1.807) is 11.8 Å².